The van der Waals surface area contributed by atoms with Gasteiger partial charge < -0.3 is 5.32 Å². The molecule has 0 saturated heterocycles. The average molecular weight is 263 g/mol. The lowest BCUT2D eigenvalue weighted by Gasteiger charge is -2.14. The van der Waals surface area contributed by atoms with E-state index in [0.717, 1.165) is 12.1 Å². The van der Waals surface area contributed by atoms with Crippen LogP contribution in [0.2, 0.25) is 0 Å². The quantitative estimate of drug-likeness (QED) is 0.864. The normalized spacial score (nSPS) is 12.7. The largest absolute Gasteiger partial charge is 0.306 e. The molecule has 3 heteroatoms. The predicted molar refractivity (Wildman–Crippen MR) is 75.4 cm³/mol. The third-order valence-electron chi connectivity index (χ3n) is 3.11. The van der Waals surface area contributed by atoms with E-state index in [2.05, 4.69) is 32.2 Å². The van der Waals surface area contributed by atoms with Crippen molar-refractivity contribution in [2.75, 3.05) is 0 Å². The summed E-state index contributed by atoms with van der Waals surface area (Å²) < 4.78 is 12.8. The summed E-state index contributed by atoms with van der Waals surface area (Å²) in [5.74, 6) is -0.185. The van der Waals surface area contributed by atoms with Crippen LogP contribution in [0.4, 0.5) is 4.39 Å². The van der Waals surface area contributed by atoms with Gasteiger partial charge in [-0.2, -0.15) is 0 Å². The third kappa shape index (κ3) is 3.18. The van der Waals surface area contributed by atoms with Gasteiger partial charge in [-0.3, -0.25) is 0 Å². The van der Waals surface area contributed by atoms with Crippen LogP contribution in [-0.2, 0) is 6.54 Å². The molecule has 0 unspecified atom stereocenters. The average Bonchev–Trinajstić information content (AvgIpc) is 2.66. The van der Waals surface area contributed by atoms with Crippen LogP contribution in [0.1, 0.15) is 33.8 Å². The fourth-order valence-electron chi connectivity index (χ4n) is 1.99. The highest BCUT2D eigenvalue weighted by Gasteiger charge is 2.07. The molecule has 0 aliphatic carbocycles. The van der Waals surface area contributed by atoms with Crippen LogP contribution in [0.3, 0.4) is 0 Å². The van der Waals surface area contributed by atoms with E-state index >= 15 is 0 Å². The van der Waals surface area contributed by atoms with E-state index < -0.39 is 0 Å². The highest BCUT2D eigenvalue weighted by Crippen LogP contribution is 2.21. The zero-order chi connectivity index (χ0) is 13.1. The summed E-state index contributed by atoms with van der Waals surface area (Å²) >= 11 is 1.83. The fourth-order valence-corrected chi connectivity index (χ4v) is 2.94. The topological polar surface area (TPSA) is 12.0 Å². The van der Waals surface area contributed by atoms with Crippen molar-refractivity contribution in [3.63, 3.8) is 0 Å². The minimum atomic E-state index is -0.185. The lowest BCUT2D eigenvalue weighted by atomic mass is 10.1. The second-order valence-electron chi connectivity index (χ2n) is 4.59. The van der Waals surface area contributed by atoms with Crippen molar-refractivity contribution in [2.24, 2.45) is 0 Å². The Bertz CT molecular complexity index is 516. The summed E-state index contributed by atoms with van der Waals surface area (Å²) in [4.78, 5) is 2.71. The van der Waals surface area contributed by atoms with Gasteiger partial charge in [0.1, 0.15) is 5.82 Å². The minimum absolute atomic E-state index is 0.185. The van der Waals surface area contributed by atoms with Gasteiger partial charge in [0.05, 0.1) is 0 Å². The second kappa shape index (κ2) is 5.63. The van der Waals surface area contributed by atoms with Crippen LogP contribution in [0.15, 0.2) is 30.3 Å². The van der Waals surface area contributed by atoms with Crippen molar-refractivity contribution < 1.29 is 4.39 Å². The van der Waals surface area contributed by atoms with Crippen molar-refractivity contribution in [3.8, 4) is 0 Å². The van der Waals surface area contributed by atoms with Gasteiger partial charge in [-0.15, -0.1) is 11.3 Å². The zero-order valence-electron chi connectivity index (χ0n) is 11.0. The number of hydrogen-bond donors (Lipinski definition) is 1. The van der Waals surface area contributed by atoms with Gasteiger partial charge >= 0.3 is 0 Å². The van der Waals surface area contributed by atoms with E-state index in [-0.39, 0.29) is 11.9 Å². The van der Waals surface area contributed by atoms with E-state index in [1.54, 1.807) is 0 Å². The molecule has 18 heavy (non-hydrogen) atoms. The SMILES string of the molecule is Cc1cc(CN[C@@H](C)c2ccc(F)cc2)c(C)s1. The molecule has 96 valence electrons. The second-order valence-corrected chi connectivity index (χ2v) is 6.05. The third-order valence-corrected chi connectivity index (χ3v) is 4.12. The maximum atomic E-state index is 12.8. The minimum Gasteiger partial charge on any atom is -0.306 e. The molecule has 0 bridgehead atoms. The molecular weight excluding hydrogens is 245 g/mol. The van der Waals surface area contributed by atoms with Crippen LogP contribution in [0.5, 0.6) is 0 Å². The number of aryl methyl sites for hydroxylation is 2. The fraction of sp³-hybridized carbons (Fsp3) is 0.333. The molecule has 0 amide bonds. The van der Waals surface area contributed by atoms with Crippen molar-refractivity contribution in [1.29, 1.82) is 0 Å². The van der Waals surface area contributed by atoms with Crippen LogP contribution in [0.25, 0.3) is 0 Å². The van der Waals surface area contributed by atoms with E-state index in [4.69, 9.17) is 0 Å². The molecule has 2 rings (SSSR count). The molecule has 0 radical (unpaired) electrons. The molecule has 0 aliphatic heterocycles. The zero-order valence-corrected chi connectivity index (χ0v) is 11.8. The number of nitrogens with one attached hydrogen (secondary N) is 1. The van der Waals surface area contributed by atoms with Gasteiger partial charge in [0.15, 0.2) is 0 Å². The molecule has 1 nitrogen and oxygen atoms in total. The summed E-state index contributed by atoms with van der Waals surface area (Å²) in [6, 6.07) is 9.13. The number of rotatable bonds is 4. The molecule has 1 aromatic heterocycles. The Morgan fingerprint density at radius 2 is 1.89 bits per heavy atom. The first-order valence-corrected chi connectivity index (χ1v) is 6.92. The molecular formula is C15H18FNS. The Kier molecular flexibility index (Phi) is 4.15. The number of thiophene rings is 1. The molecule has 1 N–H and O–H groups in total. The van der Waals surface area contributed by atoms with E-state index in [9.17, 15) is 4.39 Å². The Hall–Kier alpha value is -1.19. The Balaban J connectivity index is 1.98. The molecule has 0 spiro atoms. The standard InChI is InChI=1S/C15H18FNS/c1-10-8-14(12(3)18-10)9-17-11(2)13-4-6-15(16)7-5-13/h4-8,11,17H,9H2,1-3H3/t11-/m0/s1. The van der Waals surface area contributed by atoms with E-state index in [1.807, 2.05) is 23.5 Å². The Labute approximate surface area is 112 Å². The van der Waals surface area contributed by atoms with Crippen LogP contribution in [-0.4, -0.2) is 0 Å². The van der Waals surface area contributed by atoms with Crippen molar-refractivity contribution in [2.45, 2.75) is 33.4 Å². The first-order valence-electron chi connectivity index (χ1n) is 6.11. The highest BCUT2D eigenvalue weighted by molar-refractivity contribution is 7.12. The van der Waals surface area contributed by atoms with Gasteiger partial charge in [0.2, 0.25) is 0 Å². The molecule has 1 heterocycles. The number of hydrogen-bond acceptors (Lipinski definition) is 2. The van der Waals surface area contributed by atoms with E-state index in [0.29, 0.717) is 0 Å². The van der Waals surface area contributed by atoms with Crippen molar-refractivity contribution in [3.05, 3.63) is 57.0 Å². The van der Waals surface area contributed by atoms with Crippen molar-refractivity contribution >= 4 is 11.3 Å². The van der Waals surface area contributed by atoms with Gasteiger partial charge in [-0.1, -0.05) is 12.1 Å². The Morgan fingerprint density at radius 3 is 2.44 bits per heavy atom. The summed E-state index contributed by atoms with van der Waals surface area (Å²) in [7, 11) is 0. The summed E-state index contributed by atoms with van der Waals surface area (Å²) in [6.07, 6.45) is 0. The Morgan fingerprint density at radius 1 is 1.22 bits per heavy atom. The lowest BCUT2D eigenvalue weighted by Crippen LogP contribution is -2.18. The van der Waals surface area contributed by atoms with Gasteiger partial charge in [0.25, 0.3) is 0 Å². The first-order chi connectivity index (χ1) is 8.56. The van der Waals surface area contributed by atoms with Gasteiger partial charge in [-0.05, 0) is 50.1 Å². The molecule has 1 aromatic carbocycles. The van der Waals surface area contributed by atoms with Crippen LogP contribution >= 0.6 is 11.3 Å². The highest BCUT2D eigenvalue weighted by atomic mass is 32.1. The summed E-state index contributed by atoms with van der Waals surface area (Å²) in [6.45, 7) is 7.23. The number of benzene rings is 1. The monoisotopic (exact) mass is 263 g/mol. The van der Waals surface area contributed by atoms with Crippen molar-refractivity contribution in [1.82, 2.24) is 5.32 Å². The smallest absolute Gasteiger partial charge is 0.123 e. The lowest BCUT2D eigenvalue weighted by molar-refractivity contribution is 0.571. The summed E-state index contributed by atoms with van der Waals surface area (Å²) in [5.41, 5.74) is 2.47. The van der Waals surface area contributed by atoms with E-state index in [1.165, 1.54) is 27.5 Å². The molecule has 2 aromatic rings. The van der Waals surface area contributed by atoms with Gasteiger partial charge in [0, 0.05) is 22.3 Å². The number of halogens is 1. The van der Waals surface area contributed by atoms with Crippen LogP contribution in [0, 0.1) is 19.7 Å². The first kappa shape index (κ1) is 13.2. The predicted octanol–water partition coefficient (Wildman–Crippen LogP) is 4.35. The van der Waals surface area contributed by atoms with Crippen LogP contribution < -0.4 is 5.32 Å². The molecule has 0 aliphatic rings. The maximum absolute atomic E-state index is 12.8. The maximum Gasteiger partial charge on any atom is 0.123 e. The molecule has 0 fully saturated rings. The molecule has 0 saturated carbocycles. The summed E-state index contributed by atoms with van der Waals surface area (Å²) in [5, 5.41) is 3.47. The van der Waals surface area contributed by atoms with Gasteiger partial charge in [-0.25, -0.2) is 4.39 Å². The molecule has 1 atom stereocenters.